The Morgan fingerprint density at radius 3 is 2.71 bits per heavy atom. The minimum Gasteiger partial charge on any atom is -0.397 e. The third-order valence-corrected chi connectivity index (χ3v) is 3.27. The number of aromatic nitrogens is 1. The number of benzene rings is 2. The minimum atomic E-state index is -0.849. The highest BCUT2D eigenvalue weighted by Gasteiger charge is 2.06. The van der Waals surface area contributed by atoms with Gasteiger partial charge in [0.2, 0.25) is 0 Å². The Hall–Kier alpha value is -2.69. The monoisotopic (exact) mass is 285 g/mol. The van der Waals surface area contributed by atoms with Gasteiger partial charge in [-0.1, -0.05) is 6.07 Å². The predicted octanol–water partition coefficient (Wildman–Crippen LogP) is 3.71. The second-order valence-electron chi connectivity index (χ2n) is 4.70. The molecule has 1 aromatic heterocycles. The molecule has 3 nitrogen and oxygen atoms in total. The van der Waals surface area contributed by atoms with E-state index in [9.17, 15) is 8.78 Å². The van der Waals surface area contributed by atoms with Crippen molar-refractivity contribution in [2.75, 3.05) is 11.1 Å². The van der Waals surface area contributed by atoms with Crippen LogP contribution in [0.2, 0.25) is 0 Å². The van der Waals surface area contributed by atoms with Crippen LogP contribution in [-0.2, 0) is 6.54 Å². The van der Waals surface area contributed by atoms with Crippen molar-refractivity contribution in [2.24, 2.45) is 0 Å². The summed E-state index contributed by atoms with van der Waals surface area (Å²) in [5, 5.41) is 4.08. The molecule has 0 radical (unpaired) electrons. The number of hydrogen-bond acceptors (Lipinski definition) is 3. The number of anilines is 2. The third-order valence-electron chi connectivity index (χ3n) is 3.27. The van der Waals surface area contributed by atoms with E-state index in [1.54, 1.807) is 18.3 Å². The molecule has 0 bridgehead atoms. The highest BCUT2D eigenvalue weighted by atomic mass is 19.2. The lowest BCUT2D eigenvalue weighted by Crippen LogP contribution is -2.02. The van der Waals surface area contributed by atoms with E-state index in [1.807, 2.05) is 18.2 Å². The van der Waals surface area contributed by atoms with Gasteiger partial charge in [0.15, 0.2) is 11.6 Å². The summed E-state index contributed by atoms with van der Waals surface area (Å²) in [5.74, 6) is -1.70. The van der Waals surface area contributed by atoms with Crippen LogP contribution in [0, 0.1) is 11.6 Å². The van der Waals surface area contributed by atoms with Crippen LogP contribution in [0.1, 0.15) is 5.56 Å². The first kappa shape index (κ1) is 13.3. The van der Waals surface area contributed by atoms with E-state index in [2.05, 4.69) is 10.3 Å². The molecule has 0 aliphatic heterocycles. The van der Waals surface area contributed by atoms with Crippen LogP contribution in [0.15, 0.2) is 48.7 Å². The molecular weight excluding hydrogens is 272 g/mol. The van der Waals surface area contributed by atoms with Crippen molar-refractivity contribution in [1.82, 2.24) is 4.98 Å². The lowest BCUT2D eigenvalue weighted by molar-refractivity contribution is 0.507. The second-order valence-corrected chi connectivity index (χ2v) is 4.70. The van der Waals surface area contributed by atoms with Crippen LogP contribution in [-0.4, -0.2) is 4.98 Å². The molecule has 3 rings (SSSR count). The first-order valence-corrected chi connectivity index (χ1v) is 6.46. The maximum Gasteiger partial charge on any atom is 0.159 e. The van der Waals surface area contributed by atoms with Gasteiger partial charge < -0.3 is 11.1 Å². The Morgan fingerprint density at radius 1 is 1.05 bits per heavy atom. The molecule has 1 heterocycles. The number of nitrogens with one attached hydrogen (secondary N) is 1. The van der Waals surface area contributed by atoms with Gasteiger partial charge in [-0.2, -0.15) is 0 Å². The molecule has 0 fully saturated rings. The van der Waals surface area contributed by atoms with Crippen LogP contribution in [0.25, 0.3) is 10.9 Å². The number of rotatable bonds is 3. The van der Waals surface area contributed by atoms with Gasteiger partial charge in [0.05, 0.1) is 11.2 Å². The summed E-state index contributed by atoms with van der Waals surface area (Å²) in [7, 11) is 0. The van der Waals surface area contributed by atoms with E-state index < -0.39 is 11.6 Å². The summed E-state index contributed by atoms with van der Waals surface area (Å²) < 4.78 is 26.1. The molecule has 21 heavy (non-hydrogen) atoms. The molecule has 106 valence electrons. The second kappa shape index (κ2) is 5.36. The summed E-state index contributed by atoms with van der Waals surface area (Å²) >= 11 is 0. The average Bonchev–Trinajstić information content (AvgIpc) is 2.50. The molecule has 0 saturated heterocycles. The molecular formula is C16H13F2N3. The van der Waals surface area contributed by atoms with Gasteiger partial charge >= 0.3 is 0 Å². The Morgan fingerprint density at radius 2 is 1.90 bits per heavy atom. The number of hydrogen-bond donors (Lipinski definition) is 2. The molecule has 3 N–H and O–H groups in total. The van der Waals surface area contributed by atoms with Gasteiger partial charge in [-0.15, -0.1) is 0 Å². The summed E-state index contributed by atoms with van der Waals surface area (Å²) in [6.07, 6.45) is 1.68. The molecule has 0 unspecified atom stereocenters. The Bertz CT molecular complexity index is 803. The molecule has 0 aliphatic rings. The van der Waals surface area contributed by atoms with Crippen molar-refractivity contribution in [3.63, 3.8) is 0 Å². The van der Waals surface area contributed by atoms with Crippen LogP contribution in [0.3, 0.4) is 0 Å². The highest BCUT2D eigenvalue weighted by Crippen LogP contribution is 2.26. The third kappa shape index (κ3) is 2.63. The van der Waals surface area contributed by atoms with Crippen molar-refractivity contribution in [3.8, 4) is 0 Å². The number of nitrogens with zero attached hydrogens (tertiary/aromatic N) is 1. The maximum absolute atomic E-state index is 13.2. The van der Waals surface area contributed by atoms with E-state index >= 15 is 0 Å². The van der Waals surface area contributed by atoms with E-state index in [0.29, 0.717) is 23.3 Å². The minimum absolute atomic E-state index is 0.380. The van der Waals surface area contributed by atoms with Gasteiger partial charge in [-0.3, -0.25) is 4.98 Å². The predicted molar refractivity (Wildman–Crippen MR) is 79.8 cm³/mol. The molecule has 2 aromatic carbocycles. The fraction of sp³-hybridized carbons (Fsp3) is 0.0625. The first-order valence-electron chi connectivity index (χ1n) is 6.46. The van der Waals surface area contributed by atoms with E-state index in [0.717, 1.165) is 17.1 Å². The fourth-order valence-electron chi connectivity index (χ4n) is 2.20. The number of halogens is 2. The summed E-state index contributed by atoms with van der Waals surface area (Å²) in [4.78, 5) is 4.25. The van der Waals surface area contributed by atoms with Crippen molar-refractivity contribution in [3.05, 3.63) is 65.9 Å². The molecule has 0 atom stereocenters. The zero-order valence-corrected chi connectivity index (χ0v) is 11.1. The van der Waals surface area contributed by atoms with Gasteiger partial charge in [-0.05, 0) is 42.0 Å². The van der Waals surface area contributed by atoms with E-state index in [1.165, 1.54) is 6.07 Å². The Kier molecular flexibility index (Phi) is 3.39. The Labute approximate surface area is 120 Å². The first-order chi connectivity index (χ1) is 10.1. The molecule has 0 amide bonds. The summed E-state index contributed by atoms with van der Waals surface area (Å²) in [6.45, 7) is 0.380. The van der Waals surface area contributed by atoms with Crippen LogP contribution < -0.4 is 11.1 Å². The van der Waals surface area contributed by atoms with Crippen molar-refractivity contribution >= 4 is 22.3 Å². The molecule has 0 saturated carbocycles. The number of pyridine rings is 1. The molecule has 0 spiro atoms. The Balaban J connectivity index is 1.88. The zero-order valence-electron chi connectivity index (χ0n) is 11.1. The van der Waals surface area contributed by atoms with Crippen LogP contribution in [0.5, 0.6) is 0 Å². The van der Waals surface area contributed by atoms with E-state index in [-0.39, 0.29) is 0 Å². The van der Waals surface area contributed by atoms with Gasteiger partial charge in [0.25, 0.3) is 0 Å². The number of nitrogen functional groups attached to an aromatic ring is 1. The summed E-state index contributed by atoms with van der Waals surface area (Å²) in [6, 6.07) is 11.2. The maximum atomic E-state index is 13.2. The number of fused-ring (bicyclic) bond motifs is 1. The quantitative estimate of drug-likeness (QED) is 0.721. The van der Waals surface area contributed by atoms with Gasteiger partial charge in [-0.25, -0.2) is 8.78 Å². The van der Waals surface area contributed by atoms with Crippen molar-refractivity contribution in [2.45, 2.75) is 6.54 Å². The average molecular weight is 285 g/mol. The normalized spacial score (nSPS) is 10.8. The van der Waals surface area contributed by atoms with Gasteiger partial charge in [0, 0.05) is 23.8 Å². The SMILES string of the molecule is Nc1ccc(NCc2ccc(F)c(F)c2)c2cccnc12. The largest absolute Gasteiger partial charge is 0.397 e. The van der Waals surface area contributed by atoms with Crippen molar-refractivity contribution < 1.29 is 8.78 Å². The number of nitrogens with two attached hydrogens (primary N) is 1. The molecule has 3 aromatic rings. The van der Waals surface area contributed by atoms with E-state index in [4.69, 9.17) is 5.73 Å². The van der Waals surface area contributed by atoms with Crippen LogP contribution >= 0.6 is 0 Å². The smallest absolute Gasteiger partial charge is 0.159 e. The molecule has 5 heteroatoms. The van der Waals surface area contributed by atoms with Crippen molar-refractivity contribution in [1.29, 1.82) is 0 Å². The lowest BCUT2D eigenvalue weighted by atomic mass is 10.1. The topological polar surface area (TPSA) is 50.9 Å². The summed E-state index contributed by atoms with van der Waals surface area (Å²) in [5.41, 5.74) is 8.70. The highest BCUT2D eigenvalue weighted by molar-refractivity contribution is 5.98. The standard InChI is InChI=1S/C16H13F2N3/c17-12-4-3-10(8-13(12)18)9-21-15-6-5-14(19)16-11(15)2-1-7-20-16/h1-8,21H,9,19H2. The fourth-order valence-corrected chi connectivity index (χ4v) is 2.20. The molecule has 0 aliphatic carbocycles. The zero-order chi connectivity index (χ0) is 14.8. The van der Waals surface area contributed by atoms with Crippen LogP contribution in [0.4, 0.5) is 20.2 Å². The lowest BCUT2D eigenvalue weighted by Gasteiger charge is -2.11. The van der Waals surface area contributed by atoms with Gasteiger partial charge in [0.1, 0.15) is 0 Å².